The Labute approximate surface area is 132 Å². The molecule has 2 aromatic rings. The molecule has 0 saturated carbocycles. The summed E-state index contributed by atoms with van der Waals surface area (Å²) in [6.45, 7) is 0.639. The molecule has 2 rings (SSSR count). The maximum Gasteiger partial charge on any atom is 0.252 e. The van der Waals surface area contributed by atoms with Gasteiger partial charge in [-0.05, 0) is 36.6 Å². The first kappa shape index (κ1) is 15.1. The van der Waals surface area contributed by atoms with E-state index in [9.17, 15) is 4.79 Å². The first-order chi connectivity index (χ1) is 9.66. The third-order valence-electron chi connectivity index (χ3n) is 2.95. The Balaban J connectivity index is 1.80. The van der Waals surface area contributed by atoms with E-state index in [1.54, 1.807) is 12.1 Å². The van der Waals surface area contributed by atoms with Crippen molar-refractivity contribution in [1.82, 2.24) is 5.32 Å². The van der Waals surface area contributed by atoms with E-state index in [0.717, 1.165) is 17.3 Å². The molecular weight excluding hydrogens is 338 g/mol. The van der Waals surface area contributed by atoms with Crippen LogP contribution in [-0.4, -0.2) is 12.5 Å². The van der Waals surface area contributed by atoms with Crippen LogP contribution in [0.25, 0.3) is 0 Å². The van der Waals surface area contributed by atoms with Crippen molar-refractivity contribution >= 4 is 33.4 Å². The highest BCUT2D eigenvalue weighted by atomic mass is 79.9. The van der Waals surface area contributed by atoms with Crippen LogP contribution >= 0.6 is 27.5 Å². The zero-order valence-electron chi connectivity index (χ0n) is 10.9. The number of rotatable bonds is 5. The number of nitrogens with one attached hydrogen (secondary N) is 1. The van der Waals surface area contributed by atoms with Crippen molar-refractivity contribution in [3.63, 3.8) is 0 Å². The lowest BCUT2D eigenvalue weighted by atomic mass is 10.1. The second-order valence-electron chi connectivity index (χ2n) is 4.47. The summed E-state index contributed by atoms with van der Waals surface area (Å²) >= 11 is 9.36. The number of hydrogen-bond acceptors (Lipinski definition) is 1. The highest BCUT2D eigenvalue weighted by Gasteiger charge is 2.09. The number of carbonyl (C=O) groups excluding carboxylic acids is 1. The van der Waals surface area contributed by atoms with Gasteiger partial charge in [-0.25, -0.2) is 0 Å². The summed E-state index contributed by atoms with van der Waals surface area (Å²) in [7, 11) is 0. The van der Waals surface area contributed by atoms with Crippen LogP contribution in [-0.2, 0) is 6.42 Å². The number of amides is 1. The maximum absolute atomic E-state index is 12.0. The first-order valence-electron chi connectivity index (χ1n) is 6.44. The van der Waals surface area contributed by atoms with Crippen molar-refractivity contribution in [2.45, 2.75) is 12.8 Å². The van der Waals surface area contributed by atoms with Crippen LogP contribution in [0.3, 0.4) is 0 Å². The zero-order chi connectivity index (χ0) is 14.4. The van der Waals surface area contributed by atoms with Gasteiger partial charge in [0.05, 0.1) is 10.6 Å². The Hall–Kier alpha value is -1.32. The minimum Gasteiger partial charge on any atom is -0.352 e. The third kappa shape index (κ3) is 4.36. The predicted octanol–water partition coefficient (Wildman–Crippen LogP) is 4.47. The largest absolute Gasteiger partial charge is 0.352 e. The maximum atomic E-state index is 12.0. The quantitative estimate of drug-likeness (QED) is 0.791. The van der Waals surface area contributed by atoms with E-state index in [2.05, 4.69) is 33.4 Å². The van der Waals surface area contributed by atoms with Gasteiger partial charge in [0.2, 0.25) is 0 Å². The lowest BCUT2D eigenvalue weighted by Gasteiger charge is -2.07. The number of halogens is 2. The van der Waals surface area contributed by atoms with E-state index < -0.39 is 0 Å². The standard InChI is InChI=1S/C16H15BrClNO/c17-13-8-9-14(15(18)11-13)16(20)19-10-4-7-12-5-2-1-3-6-12/h1-3,5-6,8-9,11H,4,7,10H2,(H,19,20). The highest BCUT2D eigenvalue weighted by Crippen LogP contribution is 2.21. The Kier molecular flexibility index (Phi) is 5.62. The van der Waals surface area contributed by atoms with Crippen LogP contribution in [0.1, 0.15) is 22.3 Å². The van der Waals surface area contributed by atoms with Crippen LogP contribution in [0, 0.1) is 0 Å². The van der Waals surface area contributed by atoms with Crippen LogP contribution in [0.5, 0.6) is 0 Å². The molecule has 0 radical (unpaired) electrons. The molecule has 0 fully saturated rings. The van der Waals surface area contributed by atoms with E-state index in [1.807, 2.05) is 24.3 Å². The van der Waals surface area contributed by atoms with Crippen molar-refractivity contribution in [3.8, 4) is 0 Å². The van der Waals surface area contributed by atoms with Crippen molar-refractivity contribution in [3.05, 3.63) is 69.2 Å². The van der Waals surface area contributed by atoms with E-state index in [0.29, 0.717) is 17.1 Å². The molecule has 0 aliphatic rings. The minimum atomic E-state index is -0.129. The molecule has 0 spiro atoms. The van der Waals surface area contributed by atoms with Crippen LogP contribution in [0.15, 0.2) is 53.0 Å². The fraction of sp³-hybridized carbons (Fsp3) is 0.188. The molecule has 0 bridgehead atoms. The molecule has 0 saturated heterocycles. The second-order valence-corrected chi connectivity index (χ2v) is 5.79. The first-order valence-corrected chi connectivity index (χ1v) is 7.61. The minimum absolute atomic E-state index is 0.129. The molecule has 0 aromatic heterocycles. The van der Waals surface area contributed by atoms with Gasteiger partial charge in [-0.15, -0.1) is 0 Å². The van der Waals surface area contributed by atoms with Crippen molar-refractivity contribution in [2.75, 3.05) is 6.54 Å². The smallest absolute Gasteiger partial charge is 0.252 e. The van der Waals surface area contributed by atoms with Gasteiger partial charge >= 0.3 is 0 Å². The molecule has 0 heterocycles. The normalized spacial score (nSPS) is 10.3. The van der Waals surface area contributed by atoms with Gasteiger partial charge in [-0.1, -0.05) is 57.9 Å². The van der Waals surface area contributed by atoms with Crippen molar-refractivity contribution in [1.29, 1.82) is 0 Å². The highest BCUT2D eigenvalue weighted by molar-refractivity contribution is 9.10. The molecule has 1 amide bonds. The Morgan fingerprint density at radius 2 is 1.90 bits per heavy atom. The molecule has 0 aliphatic heterocycles. The third-order valence-corrected chi connectivity index (χ3v) is 3.75. The van der Waals surface area contributed by atoms with Crippen molar-refractivity contribution in [2.24, 2.45) is 0 Å². The van der Waals surface area contributed by atoms with Gasteiger partial charge in [0.15, 0.2) is 0 Å². The van der Waals surface area contributed by atoms with Crippen LogP contribution in [0.2, 0.25) is 5.02 Å². The summed E-state index contributed by atoms with van der Waals surface area (Å²) in [6, 6.07) is 15.5. The Morgan fingerprint density at radius 3 is 2.60 bits per heavy atom. The fourth-order valence-corrected chi connectivity index (χ4v) is 2.67. The predicted molar refractivity (Wildman–Crippen MR) is 86.2 cm³/mol. The summed E-state index contributed by atoms with van der Waals surface area (Å²) in [4.78, 5) is 12.0. The SMILES string of the molecule is O=C(NCCCc1ccccc1)c1ccc(Br)cc1Cl. The molecule has 0 atom stereocenters. The van der Waals surface area contributed by atoms with E-state index in [4.69, 9.17) is 11.6 Å². The molecule has 1 N–H and O–H groups in total. The fourth-order valence-electron chi connectivity index (χ4n) is 1.91. The van der Waals surface area contributed by atoms with Gasteiger partial charge in [0.25, 0.3) is 5.91 Å². The summed E-state index contributed by atoms with van der Waals surface area (Å²) in [5, 5.41) is 3.35. The van der Waals surface area contributed by atoms with E-state index in [-0.39, 0.29) is 5.91 Å². The molecule has 0 unspecified atom stereocenters. The molecule has 0 aliphatic carbocycles. The average Bonchev–Trinajstić information content (AvgIpc) is 2.44. The monoisotopic (exact) mass is 351 g/mol. The molecule has 2 aromatic carbocycles. The summed E-state index contributed by atoms with van der Waals surface area (Å²) in [5.74, 6) is -0.129. The molecule has 20 heavy (non-hydrogen) atoms. The van der Waals surface area contributed by atoms with Gasteiger partial charge < -0.3 is 5.32 Å². The summed E-state index contributed by atoms with van der Waals surface area (Å²) in [5.41, 5.74) is 1.79. The van der Waals surface area contributed by atoms with E-state index in [1.165, 1.54) is 5.56 Å². The number of hydrogen-bond donors (Lipinski definition) is 1. The number of aryl methyl sites for hydroxylation is 1. The van der Waals surface area contributed by atoms with Gasteiger partial charge in [-0.3, -0.25) is 4.79 Å². The van der Waals surface area contributed by atoms with E-state index >= 15 is 0 Å². The lowest BCUT2D eigenvalue weighted by Crippen LogP contribution is -2.25. The van der Waals surface area contributed by atoms with Crippen LogP contribution < -0.4 is 5.32 Å². The zero-order valence-corrected chi connectivity index (χ0v) is 13.2. The molecule has 104 valence electrons. The van der Waals surface area contributed by atoms with Gasteiger partial charge in [-0.2, -0.15) is 0 Å². The number of benzene rings is 2. The van der Waals surface area contributed by atoms with Crippen LogP contribution in [0.4, 0.5) is 0 Å². The lowest BCUT2D eigenvalue weighted by molar-refractivity contribution is 0.0953. The topological polar surface area (TPSA) is 29.1 Å². The average molecular weight is 353 g/mol. The second kappa shape index (κ2) is 7.46. The van der Waals surface area contributed by atoms with Gasteiger partial charge in [0, 0.05) is 11.0 Å². The Bertz CT molecular complexity index is 586. The summed E-state index contributed by atoms with van der Waals surface area (Å²) in [6.07, 6.45) is 1.86. The molecule has 2 nitrogen and oxygen atoms in total. The molecular formula is C16H15BrClNO. The van der Waals surface area contributed by atoms with Gasteiger partial charge in [0.1, 0.15) is 0 Å². The number of carbonyl (C=O) groups is 1. The Morgan fingerprint density at radius 1 is 1.15 bits per heavy atom. The molecule has 4 heteroatoms. The van der Waals surface area contributed by atoms with Crippen molar-refractivity contribution < 1.29 is 4.79 Å². The summed E-state index contributed by atoms with van der Waals surface area (Å²) < 4.78 is 0.864.